The predicted octanol–water partition coefficient (Wildman–Crippen LogP) is 1.33. The second kappa shape index (κ2) is 7.53. The van der Waals surface area contributed by atoms with Gasteiger partial charge in [-0.05, 0) is 47.1 Å². The summed E-state index contributed by atoms with van der Waals surface area (Å²) < 4.78 is 1.69. The molecule has 7 heteroatoms. The van der Waals surface area contributed by atoms with E-state index >= 15 is 0 Å². The SMILES string of the molecule is Cc1cc(C)nc(-n2nc(C)c(CC(=O)NCCC(C)O)c2C)n1. The highest BCUT2D eigenvalue weighted by molar-refractivity contribution is 5.79. The van der Waals surface area contributed by atoms with Crippen LogP contribution in [0.25, 0.3) is 5.95 Å². The van der Waals surface area contributed by atoms with E-state index in [-0.39, 0.29) is 12.3 Å². The number of carbonyl (C=O) groups excluding carboxylic acids is 1. The molecule has 130 valence electrons. The first kappa shape index (κ1) is 18.1. The lowest BCUT2D eigenvalue weighted by atomic mass is 10.1. The van der Waals surface area contributed by atoms with Crippen LogP contribution in [0.1, 0.15) is 41.7 Å². The molecule has 0 aromatic carbocycles. The molecule has 0 bridgehead atoms. The van der Waals surface area contributed by atoms with Crippen molar-refractivity contribution in [2.24, 2.45) is 0 Å². The Labute approximate surface area is 142 Å². The first-order valence-corrected chi connectivity index (χ1v) is 8.10. The van der Waals surface area contributed by atoms with E-state index < -0.39 is 6.10 Å². The molecular formula is C17H25N5O2. The van der Waals surface area contributed by atoms with E-state index in [2.05, 4.69) is 20.4 Å². The molecule has 2 rings (SSSR count). The fourth-order valence-corrected chi connectivity index (χ4v) is 2.57. The second-order valence-electron chi connectivity index (χ2n) is 6.18. The lowest BCUT2D eigenvalue weighted by molar-refractivity contribution is -0.120. The minimum Gasteiger partial charge on any atom is -0.393 e. The molecular weight excluding hydrogens is 306 g/mol. The summed E-state index contributed by atoms with van der Waals surface area (Å²) in [5.41, 5.74) is 4.29. The van der Waals surface area contributed by atoms with Crippen LogP contribution >= 0.6 is 0 Å². The zero-order valence-corrected chi connectivity index (χ0v) is 14.9. The van der Waals surface area contributed by atoms with Gasteiger partial charge in [0.1, 0.15) is 0 Å². The number of carbonyl (C=O) groups is 1. The van der Waals surface area contributed by atoms with E-state index in [9.17, 15) is 9.90 Å². The van der Waals surface area contributed by atoms with Crippen molar-refractivity contribution in [1.29, 1.82) is 0 Å². The van der Waals surface area contributed by atoms with Crippen LogP contribution in [0.3, 0.4) is 0 Å². The van der Waals surface area contributed by atoms with Crippen molar-refractivity contribution in [3.8, 4) is 5.95 Å². The summed E-state index contributed by atoms with van der Waals surface area (Å²) in [6.45, 7) is 9.79. The van der Waals surface area contributed by atoms with Crippen LogP contribution in [0.4, 0.5) is 0 Å². The Morgan fingerprint density at radius 3 is 2.46 bits per heavy atom. The molecule has 0 radical (unpaired) electrons. The molecule has 0 aliphatic heterocycles. The monoisotopic (exact) mass is 331 g/mol. The van der Waals surface area contributed by atoms with Gasteiger partial charge in [-0.1, -0.05) is 0 Å². The van der Waals surface area contributed by atoms with E-state index in [0.717, 1.165) is 28.3 Å². The Morgan fingerprint density at radius 1 is 1.25 bits per heavy atom. The van der Waals surface area contributed by atoms with Gasteiger partial charge in [0, 0.05) is 29.2 Å². The third-order valence-electron chi connectivity index (χ3n) is 3.82. The van der Waals surface area contributed by atoms with Gasteiger partial charge in [0.2, 0.25) is 5.91 Å². The number of aryl methyl sites for hydroxylation is 3. The van der Waals surface area contributed by atoms with Crippen molar-refractivity contribution in [3.63, 3.8) is 0 Å². The summed E-state index contributed by atoms with van der Waals surface area (Å²) in [5.74, 6) is 0.441. The first-order chi connectivity index (χ1) is 11.3. The molecule has 0 spiro atoms. The maximum Gasteiger partial charge on any atom is 0.251 e. The standard InChI is InChI=1S/C17H25N5O2/c1-10-8-11(2)20-17(19-10)22-14(5)15(13(4)21-22)9-16(24)18-7-6-12(3)23/h8,12,23H,6-7,9H2,1-5H3,(H,18,24). The van der Waals surface area contributed by atoms with Crippen molar-refractivity contribution < 1.29 is 9.90 Å². The smallest absolute Gasteiger partial charge is 0.251 e. The Balaban J connectivity index is 2.18. The summed E-state index contributed by atoms with van der Waals surface area (Å²) in [5, 5.41) is 16.6. The van der Waals surface area contributed by atoms with Crippen molar-refractivity contribution in [3.05, 3.63) is 34.4 Å². The number of aliphatic hydroxyl groups excluding tert-OH is 1. The van der Waals surface area contributed by atoms with Crippen LogP contribution in [-0.4, -0.2) is 43.4 Å². The normalized spacial score (nSPS) is 12.2. The number of nitrogens with one attached hydrogen (secondary N) is 1. The van der Waals surface area contributed by atoms with Crippen LogP contribution in [0.5, 0.6) is 0 Å². The minimum absolute atomic E-state index is 0.0808. The summed E-state index contributed by atoms with van der Waals surface area (Å²) in [4.78, 5) is 20.9. The lowest BCUT2D eigenvalue weighted by Gasteiger charge is -2.08. The Morgan fingerprint density at radius 2 is 1.88 bits per heavy atom. The second-order valence-corrected chi connectivity index (χ2v) is 6.18. The number of hydrogen-bond donors (Lipinski definition) is 2. The summed E-state index contributed by atoms with van der Waals surface area (Å²) >= 11 is 0. The predicted molar refractivity (Wildman–Crippen MR) is 91.1 cm³/mol. The third-order valence-corrected chi connectivity index (χ3v) is 3.82. The Kier molecular flexibility index (Phi) is 5.66. The fourth-order valence-electron chi connectivity index (χ4n) is 2.57. The van der Waals surface area contributed by atoms with Gasteiger partial charge in [0.15, 0.2) is 0 Å². The van der Waals surface area contributed by atoms with Gasteiger partial charge in [-0.2, -0.15) is 5.10 Å². The van der Waals surface area contributed by atoms with E-state index in [4.69, 9.17) is 0 Å². The van der Waals surface area contributed by atoms with Crippen LogP contribution in [0, 0.1) is 27.7 Å². The lowest BCUT2D eigenvalue weighted by Crippen LogP contribution is -2.28. The molecule has 0 aliphatic rings. The number of hydrogen-bond acceptors (Lipinski definition) is 5. The first-order valence-electron chi connectivity index (χ1n) is 8.10. The molecule has 0 saturated carbocycles. The molecule has 0 saturated heterocycles. The van der Waals surface area contributed by atoms with Gasteiger partial charge in [0.25, 0.3) is 5.95 Å². The molecule has 1 unspecified atom stereocenters. The summed E-state index contributed by atoms with van der Waals surface area (Å²) in [6.07, 6.45) is 0.375. The minimum atomic E-state index is -0.418. The number of aliphatic hydroxyl groups is 1. The number of aromatic nitrogens is 4. The zero-order valence-electron chi connectivity index (χ0n) is 14.9. The third kappa shape index (κ3) is 4.38. The van der Waals surface area contributed by atoms with E-state index in [1.54, 1.807) is 11.6 Å². The highest BCUT2D eigenvalue weighted by atomic mass is 16.3. The molecule has 2 N–H and O–H groups in total. The van der Waals surface area contributed by atoms with Gasteiger partial charge in [-0.25, -0.2) is 14.6 Å². The molecule has 24 heavy (non-hydrogen) atoms. The zero-order chi connectivity index (χ0) is 17.9. The van der Waals surface area contributed by atoms with Crippen LogP contribution < -0.4 is 5.32 Å². The molecule has 0 fully saturated rings. The van der Waals surface area contributed by atoms with Crippen molar-refractivity contribution in [2.45, 2.75) is 53.6 Å². The average Bonchev–Trinajstić information content (AvgIpc) is 2.74. The van der Waals surface area contributed by atoms with E-state index in [0.29, 0.717) is 18.9 Å². The van der Waals surface area contributed by atoms with E-state index in [1.165, 1.54) is 0 Å². The van der Waals surface area contributed by atoms with Gasteiger partial charge in [-0.15, -0.1) is 0 Å². The van der Waals surface area contributed by atoms with Gasteiger partial charge >= 0.3 is 0 Å². The summed E-state index contributed by atoms with van der Waals surface area (Å²) in [6, 6.07) is 1.91. The molecule has 0 aliphatic carbocycles. The van der Waals surface area contributed by atoms with Crippen LogP contribution in [0.2, 0.25) is 0 Å². The molecule has 7 nitrogen and oxygen atoms in total. The number of amides is 1. The molecule has 2 aromatic heterocycles. The maximum absolute atomic E-state index is 12.1. The molecule has 2 heterocycles. The van der Waals surface area contributed by atoms with Crippen molar-refractivity contribution >= 4 is 5.91 Å². The maximum atomic E-state index is 12.1. The van der Waals surface area contributed by atoms with E-state index in [1.807, 2.05) is 33.8 Å². The van der Waals surface area contributed by atoms with Crippen molar-refractivity contribution in [1.82, 2.24) is 25.1 Å². The Hall–Kier alpha value is -2.28. The van der Waals surface area contributed by atoms with Gasteiger partial charge < -0.3 is 10.4 Å². The van der Waals surface area contributed by atoms with Crippen molar-refractivity contribution in [2.75, 3.05) is 6.54 Å². The highest BCUT2D eigenvalue weighted by Crippen LogP contribution is 2.17. The van der Waals surface area contributed by atoms with Crippen LogP contribution in [-0.2, 0) is 11.2 Å². The topological polar surface area (TPSA) is 92.9 Å². The molecule has 1 amide bonds. The summed E-state index contributed by atoms with van der Waals surface area (Å²) in [7, 11) is 0. The Bertz CT molecular complexity index is 717. The van der Waals surface area contributed by atoms with Gasteiger partial charge in [-0.3, -0.25) is 4.79 Å². The molecule has 2 aromatic rings. The highest BCUT2D eigenvalue weighted by Gasteiger charge is 2.17. The number of nitrogens with zero attached hydrogens (tertiary/aromatic N) is 4. The largest absolute Gasteiger partial charge is 0.393 e. The van der Waals surface area contributed by atoms with Gasteiger partial charge in [0.05, 0.1) is 18.2 Å². The quantitative estimate of drug-likeness (QED) is 0.833. The fraction of sp³-hybridized carbons (Fsp3) is 0.529. The molecule has 1 atom stereocenters. The van der Waals surface area contributed by atoms with Crippen LogP contribution in [0.15, 0.2) is 6.07 Å². The number of rotatable bonds is 6. The average molecular weight is 331 g/mol.